The van der Waals surface area contributed by atoms with E-state index in [1.165, 1.54) is 0 Å². The molecule has 0 spiro atoms. The lowest BCUT2D eigenvalue weighted by atomic mass is 10.1. The number of ether oxygens (including phenoxy) is 1. The predicted molar refractivity (Wildman–Crippen MR) is 76.7 cm³/mol. The highest BCUT2D eigenvalue weighted by Gasteiger charge is 2.24. The number of thioether (sulfide) groups is 1. The van der Waals surface area contributed by atoms with E-state index in [2.05, 4.69) is 32.5 Å². The van der Waals surface area contributed by atoms with Crippen LogP contribution in [0.4, 0.5) is 0 Å². The summed E-state index contributed by atoms with van der Waals surface area (Å²) in [5.41, 5.74) is 1.14. The molecule has 2 atom stereocenters. The predicted octanol–water partition coefficient (Wildman–Crippen LogP) is 1.66. The number of imidazole rings is 1. The van der Waals surface area contributed by atoms with Crippen LogP contribution in [0.1, 0.15) is 5.69 Å². The van der Waals surface area contributed by atoms with Gasteiger partial charge in [-0.15, -0.1) is 11.3 Å². The Morgan fingerprint density at radius 2 is 2.61 bits per heavy atom. The quantitative estimate of drug-likeness (QED) is 0.926. The second-order valence-corrected chi connectivity index (χ2v) is 6.43. The third kappa shape index (κ3) is 2.56. The van der Waals surface area contributed by atoms with Gasteiger partial charge in [-0.2, -0.15) is 11.8 Å². The van der Waals surface area contributed by atoms with Gasteiger partial charge in [0.1, 0.15) is 0 Å². The fourth-order valence-corrected chi connectivity index (χ4v) is 3.92. The summed E-state index contributed by atoms with van der Waals surface area (Å²) < 4.78 is 7.93. The minimum absolute atomic E-state index is 0.300. The van der Waals surface area contributed by atoms with E-state index in [0.717, 1.165) is 35.2 Å². The highest BCUT2D eigenvalue weighted by Crippen LogP contribution is 2.19. The smallest absolute Gasteiger partial charge is 0.193 e. The topological polar surface area (TPSA) is 38.6 Å². The Labute approximate surface area is 115 Å². The molecule has 0 aliphatic carbocycles. The molecular formula is C12H17N3OS2. The molecule has 1 aliphatic rings. The lowest BCUT2D eigenvalue weighted by molar-refractivity contribution is 0.0490. The monoisotopic (exact) mass is 283 g/mol. The van der Waals surface area contributed by atoms with Gasteiger partial charge in [0.15, 0.2) is 4.96 Å². The summed E-state index contributed by atoms with van der Waals surface area (Å²) in [4.78, 5) is 5.70. The molecule has 2 aromatic rings. The second kappa shape index (κ2) is 5.61. The van der Waals surface area contributed by atoms with E-state index in [4.69, 9.17) is 4.74 Å². The van der Waals surface area contributed by atoms with Gasteiger partial charge in [0, 0.05) is 41.7 Å². The summed E-state index contributed by atoms with van der Waals surface area (Å²) in [6.45, 7) is 0.867. The average Bonchev–Trinajstić information content (AvgIpc) is 2.97. The fourth-order valence-electron chi connectivity index (χ4n) is 2.26. The number of thiazole rings is 1. The number of hydrogen-bond donors (Lipinski definition) is 1. The third-order valence-corrected chi connectivity index (χ3v) is 5.02. The maximum Gasteiger partial charge on any atom is 0.193 e. The average molecular weight is 283 g/mol. The zero-order valence-corrected chi connectivity index (χ0v) is 12.0. The maximum absolute atomic E-state index is 5.84. The van der Waals surface area contributed by atoms with E-state index in [1.807, 2.05) is 18.8 Å². The van der Waals surface area contributed by atoms with E-state index < -0.39 is 0 Å². The van der Waals surface area contributed by atoms with Crippen LogP contribution in [-0.4, -0.2) is 46.7 Å². The Morgan fingerprint density at radius 3 is 3.33 bits per heavy atom. The summed E-state index contributed by atoms with van der Waals surface area (Å²) in [7, 11) is 2.01. The Bertz CT molecular complexity index is 476. The third-order valence-electron chi connectivity index (χ3n) is 3.23. The largest absolute Gasteiger partial charge is 0.375 e. The Morgan fingerprint density at radius 1 is 1.67 bits per heavy atom. The Hall–Kier alpha value is -0.560. The van der Waals surface area contributed by atoms with E-state index in [9.17, 15) is 0 Å². The van der Waals surface area contributed by atoms with Gasteiger partial charge in [0.2, 0.25) is 0 Å². The molecule has 3 heterocycles. The van der Waals surface area contributed by atoms with Crippen molar-refractivity contribution in [1.82, 2.24) is 14.7 Å². The molecule has 4 nitrogen and oxygen atoms in total. The van der Waals surface area contributed by atoms with E-state index in [-0.39, 0.29) is 0 Å². The van der Waals surface area contributed by atoms with Crippen LogP contribution in [0.5, 0.6) is 0 Å². The van der Waals surface area contributed by atoms with Crippen LogP contribution in [0.15, 0.2) is 17.8 Å². The summed E-state index contributed by atoms with van der Waals surface area (Å²) >= 11 is 3.65. The van der Waals surface area contributed by atoms with Crippen LogP contribution in [0.3, 0.4) is 0 Å². The van der Waals surface area contributed by atoms with Crippen molar-refractivity contribution in [1.29, 1.82) is 0 Å². The van der Waals surface area contributed by atoms with Crippen molar-refractivity contribution in [2.45, 2.75) is 18.6 Å². The minimum Gasteiger partial charge on any atom is -0.375 e. The van der Waals surface area contributed by atoms with Gasteiger partial charge in [-0.05, 0) is 7.05 Å². The van der Waals surface area contributed by atoms with Crippen LogP contribution < -0.4 is 5.32 Å². The molecule has 0 bridgehead atoms. The van der Waals surface area contributed by atoms with E-state index >= 15 is 0 Å². The molecule has 18 heavy (non-hydrogen) atoms. The molecule has 2 unspecified atom stereocenters. The van der Waals surface area contributed by atoms with Gasteiger partial charge < -0.3 is 10.1 Å². The van der Waals surface area contributed by atoms with Crippen molar-refractivity contribution in [3.63, 3.8) is 0 Å². The molecule has 0 aromatic carbocycles. The van der Waals surface area contributed by atoms with Crippen LogP contribution in [0.25, 0.3) is 4.96 Å². The van der Waals surface area contributed by atoms with Crippen LogP contribution in [0.2, 0.25) is 0 Å². The number of nitrogens with zero attached hydrogens (tertiary/aromatic N) is 2. The molecule has 98 valence electrons. The Kier molecular flexibility index (Phi) is 3.88. The number of rotatable bonds is 4. The molecular weight excluding hydrogens is 266 g/mol. The molecule has 1 N–H and O–H groups in total. The van der Waals surface area contributed by atoms with Crippen LogP contribution >= 0.6 is 23.1 Å². The molecule has 3 rings (SSSR count). The SMILES string of the molecule is CNC(Cc1cn2ccsc2n1)C1CSCCO1. The number of likely N-dealkylation sites (N-methyl/N-ethyl adjacent to an activating group) is 1. The second-order valence-electron chi connectivity index (χ2n) is 4.41. The van der Waals surface area contributed by atoms with Crippen molar-refractivity contribution < 1.29 is 4.74 Å². The normalized spacial score (nSPS) is 22.4. The van der Waals surface area contributed by atoms with Gasteiger partial charge in [0.05, 0.1) is 18.4 Å². The zero-order valence-electron chi connectivity index (χ0n) is 10.3. The summed E-state index contributed by atoms with van der Waals surface area (Å²) in [5, 5.41) is 5.43. The highest BCUT2D eigenvalue weighted by molar-refractivity contribution is 7.99. The number of nitrogens with one attached hydrogen (secondary N) is 1. The fraction of sp³-hybridized carbons (Fsp3) is 0.583. The number of fused-ring (bicyclic) bond motifs is 1. The van der Waals surface area contributed by atoms with Gasteiger partial charge in [-0.3, -0.25) is 4.40 Å². The summed E-state index contributed by atoms with van der Waals surface area (Å²) in [6, 6.07) is 0.349. The molecule has 0 saturated carbocycles. The number of hydrogen-bond acceptors (Lipinski definition) is 5. The van der Waals surface area contributed by atoms with Crippen LogP contribution in [0, 0.1) is 0 Å². The van der Waals surface area contributed by atoms with Crippen molar-refractivity contribution in [2.75, 3.05) is 25.2 Å². The molecule has 1 saturated heterocycles. The van der Waals surface area contributed by atoms with E-state index in [0.29, 0.717) is 12.1 Å². The summed E-state index contributed by atoms with van der Waals surface area (Å²) in [6.07, 6.45) is 5.40. The first-order chi connectivity index (χ1) is 8.86. The first kappa shape index (κ1) is 12.5. The van der Waals surface area contributed by atoms with Gasteiger partial charge >= 0.3 is 0 Å². The maximum atomic E-state index is 5.84. The molecule has 0 radical (unpaired) electrons. The van der Waals surface area contributed by atoms with Crippen molar-refractivity contribution in [2.24, 2.45) is 0 Å². The molecule has 0 amide bonds. The first-order valence-electron chi connectivity index (χ1n) is 6.14. The van der Waals surface area contributed by atoms with E-state index in [1.54, 1.807) is 11.3 Å². The van der Waals surface area contributed by atoms with Crippen molar-refractivity contribution in [3.05, 3.63) is 23.5 Å². The lowest BCUT2D eigenvalue weighted by Crippen LogP contribution is -2.44. The van der Waals surface area contributed by atoms with Crippen molar-refractivity contribution >= 4 is 28.1 Å². The first-order valence-corrected chi connectivity index (χ1v) is 8.18. The minimum atomic E-state index is 0.300. The van der Waals surface area contributed by atoms with Gasteiger partial charge in [-0.25, -0.2) is 4.98 Å². The molecule has 1 fully saturated rings. The van der Waals surface area contributed by atoms with Crippen molar-refractivity contribution in [3.8, 4) is 0 Å². The standard InChI is InChI=1S/C12H17N3OS2/c1-13-10(11-8-17-5-3-16-11)6-9-7-15-2-4-18-12(15)14-9/h2,4,7,10-11,13H,3,5-6,8H2,1H3. The van der Waals surface area contributed by atoms with Gasteiger partial charge in [0.25, 0.3) is 0 Å². The molecule has 2 aromatic heterocycles. The van der Waals surface area contributed by atoms with Gasteiger partial charge in [-0.1, -0.05) is 0 Å². The molecule has 1 aliphatic heterocycles. The summed E-state index contributed by atoms with van der Waals surface area (Å²) in [5.74, 6) is 2.20. The Balaban J connectivity index is 1.70. The zero-order chi connectivity index (χ0) is 12.4. The lowest BCUT2D eigenvalue weighted by Gasteiger charge is -2.29. The molecule has 6 heteroatoms. The highest BCUT2D eigenvalue weighted by atomic mass is 32.2. The van der Waals surface area contributed by atoms with Crippen LogP contribution in [-0.2, 0) is 11.2 Å². The number of aromatic nitrogens is 2.